The van der Waals surface area contributed by atoms with Crippen LogP contribution in [0.15, 0.2) is 47.7 Å². The lowest BCUT2D eigenvalue weighted by Crippen LogP contribution is -2.48. The molecule has 1 heterocycles. The van der Waals surface area contributed by atoms with Gasteiger partial charge in [0, 0.05) is 11.3 Å². The van der Waals surface area contributed by atoms with Crippen molar-refractivity contribution in [2.75, 3.05) is 19.1 Å². The Morgan fingerprint density at radius 3 is 2.50 bits per heavy atom. The van der Waals surface area contributed by atoms with Crippen molar-refractivity contribution in [2.45, 2.75) is 39.8 Å². The van der Waals surface area contributed by atoms with Crippen molar-refractivity contribution in [3.63, 3.8) is 0 Å². The Bertz CT molecular complexity index is 1080. The summed E-state index contributed by atoms with van der Waals surface area (Å²) in [5, 5.41) is 3.54. The number of halogens is 1. The Hall–Kier alpha value is -3.13. The molecular weight excluding hydrogens is 431 g/mol. The molecule has 170 valence electrons. The molecule has 2 aromatic rings. The summed E-state index contributed by atoms with van der Waals surface area (Å²) < 4.78 is 30.9. The molecule has 1 atom stereocenters. The van der Waals surface area contributed by atoms with Crippen LogP contribution in [-0.2, 0) is 9.53 Å². The monoisotopic (exact) mass is 458 g/mol. The summed E-state index contributed by atoms with van der Waals surface area (Å²) in [5.41, 5.74) is 2.57. The van der Waals surface area contributed by atoms with E-state index in [0.29, 0.717) is 44.7 Å². The molecule has 0 aliphatic carbocycles. The SMILES string of the molecule is COC(=O)C1=C(C)N(c2ccc(C)c(F)c2)C(=S)NC1c1cccc(OC)c1OC(C)C. The molecule has 0 saturated carbocycles. The fraction of sp³-hybridized carbons (Fsp3) is 0.333. The summed E-state index contributed by atoms with van der Waals surface area (Å²) in [6.07, 6.45) is -0.126. The van der Waals surface area contributed by atoms with Gasteiger partial charge in [0.15, 0.2) is 16.6 Å². The standard InChI is InChI=1S/C24H27FN2O4S/c1-13(2)31-22-17(8-7-9-19(22)29-5)21-20(23(28)30-6)15(4)27(24(32)26-21)16-11-10-14(3)18(25)12-16/h7-13,21H,1-6H3,(H,26,32). The summed E-state index contributed by atoms with van der Waals surface area (Å²) in [5.74, 6) is 0.154. The molecule has 1 unspecified atom stereocenters. The second-order valence-corrected chi connectivity index (χ2v) is 8.07. The van der Waals surface area contributed by atoms with E-state index in [1.807, 2.05) is 26.0 Å². The van der Waals surface area contributed by atoms with Crippen molar-refractivity contribution in [3.8, 4) is 11.5 Å². The number of esters is 1. The number of aryl methyl sites for hydroxylation is 1. The average molecular weight is 459 g/mol. The van der Waals surface area contributed by atoms with Gasteiger partial charge in [-0.3, -0.25) is 4.90 Å². The first-order valence-corrected chi connectivity index (χ1v) is 10.6. The van der Waals surface area contributed by atoms with Gasteiger partial charge in [-0.15, -0.1) is 0 Å². The molecule has 1 aliphatic heterocycles. The summed E-state index contributed by atoms with van der Waals surface area (Å²) in [6.45, 7) is 7.26. The number of anilines is 1. The van der Waals surface area contributed by atoms with Crippen molar-refractivity contribution in [3.05, 3.63) is 64.6 Å². The predicted octanol–water partition coefficient (Wildman–Crippen LogP) is 4.81. The van der Waals surface area contributed by atoms with E-state index in [1.165, 1.54) is 13.2 Å². The average Bonchev–Trinajstić information content (AvgIpc) is 2.75. The predicted molar refractivity (Wildman–Crippen MR) is 126 cm³/mol. The second-order valence-electron chi connectivity index (χ2n) is 7.69. The zero-order valence-corrected chi connectivity index (χ0v) is 19.8. The lowest BCUT2D eigenvalue weighted by molar-refractivity contribution is -0.136. The van der Waals surface area contributed by atoms with E-state index in [0.717, 1.165) is 0 Å². The fourth-order valence-corrected chi connectivity index (χ4v) is 4.03. The largest absolute Gasteiger partial charge is 0.493 e. The Balaban J connectivity index is 2.21. The Labute approximate surface area is 193 Å². The van der Waals surface area contributed by atoms with Gasteiger partial charge in [0.05, 0.1) is 37.6 Å². The van der Waals surface area contributed by atoms with Crippen LogP contribution in [0.25, 0.3) is 0 Å². The highest BCUT2D eigenvalue weighted by molar-refractivity contribution is 7.80. The lowest BCUT2D eigenvalue weighted by atomic mass is 9.93. The molecule has 1 aliphatic rings. The molecule has 32 heavy (non-hydrogen) atoms. The van der Waals surface area contributed by atoms with Gasteiger partial charge in [-0.25, -0.2) is 9.18 Å². The molecule has 6 nitrogen and oxygen atoms in total. The topological polar surface area (TPSA) is 60.0 Å². The van der Waals surface area contributed by atoms with E-state index >= 15 is 0 Å². The van der Waals surface area contributed by atoms with Crippen LogP contribution in [-0.4, -0.2) is 31.4 Å². The number of thiocarbonyl (C=S) groups is 1. The summed E-state index contributed by atoms with van der Waals surface area (Å²) >= 11 is 5.64. The van der Waals surface area contributed by atoms with Crippen LogP contribution in [0, 0.1) is 12.7 Å². The minimum absolute atomic E-state index is 0.126. The van der Waals surface area contributed by atoms with Crippen LogP contribution < -0.4 is 19.7 Å². The third-order valence-corrected chi connectivity index (χ3v) is 5.50. The Morgan fingerprint density at radius 1 is 1.19 bits per heavy atom. The molecule has 8 heteroatoms. The van der Waals surface area contributed by atoms with Gasteiger partial charge in [0.2, 0.25) is 0 Å². The Morgan fingerprint density at radius 2 is 1.91 bits per heavy atom. The normalized spacial score (nSPS) is 16.2. The number of hydrogen-bond donors (Lipinski definition) is 1. The van der Waals surface area contributed by atoms with Gasteiger partial charge in [-0.2, -0.15) is 0 Å². The molecule has 0 amide bonds. The van der Waals surface area contributed by atoms with E-state index in [9.17, 15) is 9.18 Å². The van der Waals surface area contributed by atoms with Crippen LogP contribution in [0.4, 0.5) is 10.1 Å². The van der Waals surface area contributed by atoms with Crippen LogP contribution in [0.3, 0.4) is 0 Å². The molecule has 0 saturated heterocycles. The number of methoxy groups -OCH3 is 2. The van der Waals surface area contributed by atoms with Crippen molar-refractivity contribution in [1.29, 1.82) is 0 Å². The first kappa shape index (κ1) is 23.5. The van der Waals surface area contributed by atoms with Gasteiger partial charge in [-0.05, 0) is 63.7 Å². The van der Waals surface area contributed by atoms with Crippen LogP contribution >= 0.6 is 12.2 Å². The number of hydrogen-bond acceptors (Lipinski definition) is 5. The van der Waals surface area contributed by atoms with Crippen LogP contribution in [0.2, 0.25) is 0 Å². The first-order valence-electron chi connectivity index (χ1n) is 10.2. The van der Waals surface area contributed by atoms with E-state index in [-0.39, 0.29) is 11.9 Å². The number of carbonyl (C=O) groups excluding carboxylic acids is 1. The molecule has 3 rings (SSSR count). The molecule has 2 aromatic carbocycles. The highest BCUT2D eigenvalue weighted by atomic mass is 32.1. The molecule has 1 N–H and O–H groups in total. The quantitative estimate of drug-likeness (QED) is 0.492. The van der Waals surface area contributed by atoms with E-state index in [1.54, 1.807) is 44.1 Å². The number of ether oxygens (including phenoxy) is 3. The van der Waals surface area contributed by atoms with Crippen LogP contribution in [0.5, 0.6) is 11.5 Å². The van der Waals surface area contributed by atoms with Crippen LogP contribution in [0.1, 0.15) is 37.9 Å². The first-order chi connectivity index (χ1) is 15.2. The molecule has 0 bridgehead atoms. The highest BCUT2D eigenvalue weighted by Gasteiger charge is 2.37. The number of para-hydroxylation sites is 1. The minimum atomic E-state index is -0.648. The third kappa shape index (κ3) is 4.41. The van der Waals surface area contributed by atoms with E-state index in [4.69, 9.17) is 26.4 Å². The maximum Gasteiger partial charge on any atom is 0.337 e. The van der Waals surface area contributed by atoms with Crippen molar-refractivity contribution in [2.24, 2.45) is 0 Å². The summed E-state index contributed by atoms with van der Waals surface area (Å²) in [6, 6.07) is 9.62. The number of benzene rings is 2. The smallest absolute Gasteiger partial charge is 0.337 e. The third-order valence-electron chi connectivity index (χ3n) is 5.20. The molecule has 0 fully saturated rings. The van der Waals surface area contributed by atoms with Gasteiger partial charge in [0.25, 0.3) is 0 Å². The van der Waals surface area contributed by atoms with Crippen molar-refractivity contribution >= 4 is 29.0 Å². The number of rotatable bonds is 6. The summed E-state index contributed by atoms with van der Waals surface area (Å²) in [4.78, 5) is 14.5. The van der Waals surface area contributed by atoms with Gasteiger partial charge in [0.1, 0.15) is 5.82 Å². The maximum atomic E-state index is 14.3. The Kier molecular flexibility index (Phi) is 7.03. The van der Waals surface area contributed by atoms with Gasteiger partial charge < -0.3 is 19.5 Å². The number of carbonyl (C=O) groups is 1. The molecular formula is C24H27FN2O4S. The molecule has 0 aromatic heterocycles. The zero-order chi connectivity index (χ0) is 23.6. The summed E-state index contributed by atoms with van der Waals surface area (Å²) in [7, 11) is 2.88. The van der Waals surface area contributed by atoms with Gasteiger partial charge in [-0.1, -0.05) is 18.2 Å². The minimum Gasteiger partial charge on any atom is -0.493 e. The highest BCUT2D eigenvalue weighted by Crippen LogP contribution is 2.42. The van der Waals surface area contributed by atoms with Gasteiger partial charge >= 0.3 is 5.97 Å². The number of nitrogens with one attached hydrogen (secondary N) is 1. The van der Waals surface area contributed by atoms with Crippen molar-refractivity contribution in [1.82, 2.24) is 5.32 Å². The molecule has 0 radical (unpaired) electrons. The number of allylic oxidation sites excluding steroid dienone is 1. The lowest BCUT2D eigenvalue weighted by Gasteiger charge is -2.38. The van der Waals surface area contributed by atoms with Crippen molar-refractivity contribution < 1.29 is 23.4 Å². The van der Waals surface area contributed by atoms with E-state index < -0.39 is 12.0 Å². The second kappa shape index (κ2) is 9.56. The molecule has 0 spiro atoms. The maximum absolute atomic E-state index is 14.3. The van der Waals surface area contributed by atoms with E-state index in [2.05, 4.69) is 5.32 Å². The zero-order valence-electron chi connectivity index (χ0n) is 19.0. The fourth-order valence-electron chi connectivity index (χ4n) is 3.67. The number of nitrogens with zero attached hydrogens (tertiary/aromatic N) is 1.